The Balaban J connectivity index is 1.76. The number of rotatable bonds is 4. The zero-order valence-corrected chi connectivity index (χ0v) is 17.9. The van der Waals surface area contributed by atoms with E-state index in [1.807, 2.05) is 45.9 Å². The lowest BCUT2D eigenvalue weighted by Crippen LogP contribution is -2.11. The van der Waals surface area contributed by atoms with E-state index in [9.17, 15) is 0 Å². The normalized spacial score (nSPS) is 11.2. The van der Waals surface area contributed by atoms with Crippen LogP contribution >= 0.6 is 23.2 Å². The first kappa shape index (κ1) is 19.5. The maximum absolute atomic E-state index is 6.39. The molecule has 4 rings (SSSR count). The zero-order valence-electron chi connectivity index (χ0n) is 16.4. The molecule has 8 nitrogen and oxygen atoms in total. The molecule has 2 aromatic heterocycles. The van der Waals surface area contributed by atoms with E-state index in [0.29, 0.717) is 28.1 Å². The smallest absolute Gasteiger partial charge is 0.164 e. The van der Waals surface area contributed by atoms with Crippen LogP contribution in [0.15, 0.2) is 24.3 Å². The molecule has 2 heterocycles. The number of aromatic nitrogens is 8. The molecule has 0 saturated heterocycles. The Hall–Kier alpha value is -2.84. The fourth-order valence-corrected chi connectivity index (χ4v) is 3.58. The van der Waals surface area contributed by atoms with E-state index in [1.54, 1.807) is 9.36 Å². The van der Waals surface area contributed by atoms with Crippen LogP contribution in [-0.4, -0.2) is 40.4 Å². The largest absolute Gasteiger partial charge is 0.197 e. The molecular weight excluding hydrogens is 411 g/mol. The predicted octanol–water partition coefficient (Wildman–Crippen LogP) is 3.77. The van der Waals surface area contributed by atoms with Crippen molar-refractivity contribution >= 4 is 23.2 Å². The fourth-order valence-electron chi connectivity index (χ4n) is 3.14. The molecule has 0 spiro atoms. The van der Waals surface area contributed by atoms with Crippen LogP contribution in [0.5, 0.6) is 0 Å². The maximum atomic E-state index is 6.39. The van der Waals surface area contributed by atoms with Gasteiger partial charge in [-0.1, -0.05) is 35.3 Å². The van der Waals surface area contributed by atoms with E-state index in [2.05, 4.69) is 37.1 Å². The lowest BCUT2D eigenvalue weighted by molar-refractivity contribution is 0.735. The van der Waals surface area contributed by atoms with E-state index in [-0.39, 0.29) is 0 Å². The molecule has 29 heavy (non-hydrogen) atoms. The highest BCUT2D eigenvalue weighted by atomic mass is 35.5. The minimum atomic E-state index is 0.339. The molecule has 0 aliphatic rings. The number of hydrogen-bond donors (Lipinski definition) is 0. The summed E-state index contributed by atoms with van der Waals surface area (Å²) in [5, 5.41) is 25.4. The Morgan fingerprint density at radius 3 is 2.03 bits per heavy atom. The summed E-state index contributed by atoms with van der Waals surface area (Å²) >= 11 is 12.7. The highest BCUT2D eigenvalue weighted by Crippen LogP contribution is 2.33. The Morgan fingerprint density at radius 1 is 0.759 bits per heavy atom. The minimum absolute atomic E-state index is 0.339. The molecule has 0 atom stereocenters. The van der Waals surface area contributed by atoms with Crippen LogP contribution in [0.1, 0.15) is 33.9 Å². The number of hydrogen-bond acceptors (Lipinski definition) is 6. The van der Waals surface area contributed by atoms with Gasteiger partial charge in [-0.25, -0.2) is 0 Å². The summed E-state index contributed by atoms with van der Waals surface area (Å²) in [7, 11) is 0. The molecule has 148 valence electrons. The van der Waals surface area contributed by atoms with E-state index in [4.69, 9.17) is 23.2 Å². The summed E-state index contributed by atoms with van der Waals surface area (Å²) in [5.41, 5.74) is 5.52. The first-order valence-corrected chi connectivity index (χ1v) is 9.70. The third-order valence-electron chi connectivity index (χ3n) is 4.81. The lowest BCUT2D eigenvalue weighted by atomic mass is 10.1. The molecule has 0 bridgehead atoms. The van der Waals surface area contributed by atoms with Gasteiger partial charge >= 0.3 is 0 Å². The van der Waals surface area contributed by atoms with Crippen LogP contribution in [0.25, 0.3) is 11.4 Å². The molecule has 0 radical (unpaired) electrons. The van der Waals surface area contributed by atoms with Crippen LogP contribution in [0.4, 0.5) is 0 Å². The second-order valence-corrected chi connectivity index (χ2v) is 7.70. The van der Waals surface area contributed by atoms with Crippen molar-refractivity contribution in [2.45, 2.75) is 34.1 Å². The maximum Gasteiger partial charge on any atom is 0.164 e. The van der Waals surface area contributed by atoms with Gasteiger partial charge in [0.05, 0.1) is 27.8 Å². The number of halogens is 2. The van der Waals surface area contributed by atoms with E-state index >= 15 is 0 Å². The van der Waals surface area contributed by atoms with Gasteiger partial charge in [-0.05, 0) is 82.9 Å². The van der Waals surface area contributed by atoms with Crippen molar-refractivity contribution in [1.29, 1.82) is 0 Å². The van der Waals surface area contributed by atoms with Gasteiger partial charge in [0.1, 0.15) is 0 Å². The Morgan fingerprint density at radius 2 is 1.38 bits per heavy atom. The molecule has 0 saturated carbocycles. The van der Waals surface area contributed by atoms with Gasteiger partial charge < -0.3 is 0 Å². The average Bonchev–Trinajstić information content (AvgIpc) is 3.35. The third kappa shape index (κ3) is 3.49. The highest BCUT2D eigenvalue weighted by Gasteiger charge is 2.19. The number of nitrogens with zero attached hydrogens (tertiary/aromatic N) is 8. The molecule has 0 N–H and O–H groups in total. The second-order valence-electron chi connectivity index (χ2n) is 6.95. The summed E-state index contributed by atoms with van der Waals surface area (Å²) in [4.78, 5) is 0. The summed E-state index contributed by atoms with van der Waals surface area (Å²) in [5.74, 6) is 1.22. The van der Waals surface area contributed by atoms with Gasteiger partial charge in [-0.3, -0.25) is 0 Å². The molecule has 0 aliphatic carbocycles. The van der Waals surface area contributed by atoms with Gasteiger partial charge in [0.2, 0.25) is 0 Å². The second kappa shape index (κ2) is 7.53. The highest BCUT2D eigenvalue weighted by molar-refractivity contribution is 6.43. The number of tetrazole rings is 2. The fraction of sp³-hybridized carbons (Fsp3) is 0.263. The van der Waals surface area contributed by atoms with Crippen LogP contribution in [0.3, 0.4) is 0 Å². The topological polar surface area (TPSA) is 87.2 Å². The molecule has 0 amide bonds. The van der Waals surface area contributed by atoms with Crippen molar-refractivity contribution in [3.8, 4) is 11.4 Å². The molecule has 0 unspecified atom stereocenters. The van der Waals surface area contributed by atoms with Crippen molar-refractivity contribution in [2.75, 3.05) is 0 Å². The van der Waals surface area contributed by atoms with Gasteiger partial charge in [0.15, 0.2) is 11.6 Å². The van der Waals surface area contributed by atoms with Crippen molar-refractivity contribution in [3.63, 3.8) is 0 Å². The van der Waals surface area contributed by atoms with Gasteiger partial charge in [0, 0.05) is 0 Å². The van der Waals surface area contributed by atoms with Crippen molar-refractivity contribution in [3.05, 3.63) is 68.2 Å². The SMILES string of the molecule is Cc1ccc(C)c(-n2nnnc2Cc2nnnn2-c2cc(C)c(Cl)c(Cl)c2C)c1. The molecule has 10 heteroatoms. The summed E-state index contributed by atoms with van der Waals surface area (Å²) in [6.45, 7) is 7.83. The molecule has 0 fully saturated rings. The molecule has 2 aromatic carbocycles. The van der Waals surface area contributed by atoms with Crippen LogP contribution < -0.4 is 0 Å². The molecular formula is C19H18Cl2N8. The first-order chi connectivity index (χ1) is 13.9. The zero-order chi connectivity index (χ0) is 20.7. The average molecular weight is 429 g/mol. The Bertz CT molecular complexity index is 1210. The predicted molar refractivity (Wildman–Crippen MR) is 110 cm³/mol. The van der Waals surface area contributed by atoms with E-state index in [1.165, 1.54) is 0 Å². The van der Waals surface area contributed by atoms with Gasteiger partial charge in [-0.15, -0.1) is 10.2 Å². The number of benzene rings is 2. The van der Waals surface area contributed by atoms with Crippen LogP contribution in [-0.2, 0) is 6.42 Å². The lowest BCUT2D eigenvalue weighted by Gasteiger charge is -2.13. The van der Waals surface area contributed by atoms with Gasteiger partial charge in [0.25, 0.3) is 0 Å². The first-order valence-electron chi connectivity index (χ1n) is 8.94. The standard InChI is InChI=1S/C19H18Cl2N8/c1-10-5-6-11(2)14(7-10)28-16(22-24-26-28)9-17-23-25-27-29(17)15-8-12(3)18(20)19(21)13(15)4/h5-8H,9H2,1-4H3. The van der Waals surface area contributed by atoms with Crippen molar-refractivity contribution < 1.29 is 0 Å². The summed E-state index contributed by atoms with van der Waals surface area (Å²) in [6.07, 6.45) is 0.339. The quantitative estimate of drug-likeness (QED) is 0.491. The monoisotopic (exact) mass is 428 g/mol. The van der Waals surface area contributed by atoms with Gasteiger partial charge in [-0.2, -0.15) is 9.36 Å². The van der Waals surface area contributed by atoms with Crippen LogP contribution in [0, 0.1) is 27.7 Å². The summed E-state index contributed by atoms with van der Waals surface area (Å²) in [6, 6.07) is 8.06. The summed E-state index contributed by atoms with van der Waals surface area (Å²) < 4.78 is 3.36. The van der Waals surface area contributed by atoms with E-state index in [0.717, 1.165) is 33.6 Å². The van der Waals surface area contributed by atoms with E-state index < -0.39 is 0 Å². The van der Waals surface area contributed by atoms with Crippen LogP contribution in [0.2, 0.25) is 10.0 Å². The molecule has 4 aromatic rings. The number of aryl methyl sites for hydroxylation is 3. The molecule has 0 aliphatic heterocycles. The van der Waals surface area contributed by atoms with Crippen molar-refractivity contribution in [1.82, 2.24) is 40.4 Å². The Kier molecular flexibility index (Phi) is 5.06. The Labute approximate surface area is 177 Å². The third-order valence-corrected chi connectivity index (χ3v) is 5.87. The minimum Gasteiger partial charge on any atom is -0.197 e. The van der Waals surface area contributed by atoms with Crippen molar-refractivity contribution in [2.24, 2.45) is 0 Å².